The molecule has 7 rings (SSSR count). The van der Waals surface area contributed by atoms with Gasteiger partial charge in [-0.3, -0.25) is 24.8 Å². The van der Waals surface area contributed by atoms with E-state index in [9.17, 15) is 4.79 Å². The molecule has 0 aliphatic carbocycles. The van der Waals surface area contributed by atoms with Crippen LogP contribution in [-0.4, -0.2) is 36.0 Å². The third kappa shape index (κ3) is 4.19. The van der Waals surface area contributed by atoms with Crippen molar-refractivity contribution in [3.63, 3.8) is 0 Å². The number of pyridine rings is 3. The van der Waals surface area contributed by atoms with Crippen molar-refractivity contribution in [3.05, 3.63) is 115 Å². The SMILES string of the molecule is O=C(Nc1cncc(-c2cc3c(-c4cc5c(-c6ccncc6)cccc5[nH]4)n[nH]c3cn2)c1)c1ccccc1. The second-order valence-corrected chi connectivity index (χ2v) is 9.16. The molecule has 39 heavy (non-hydrogen) atoms. The van der Waals surface area contributed by atoms with Gasteiger partial charge in [0.2, 0.25) is 0 Å². The summed E-state index contributed by atoms with van der Waals surface area (Å²) < 4.78 is 0. The molecule has 5 aromatic heterocycles. The number of nitrogens with one attached hydrogen (secondary N) is 3. The molecule has 0 atom stereocenters. The summed E-state index contributed by atoms with van der Waals surface area (Å²) in [5.41, 5.74) is 8.45. The summed E-state index contributed by atoms with van der Waals surface area (Å²) in [6.45, 7) is 0. The third-order valence-corrected chi connectivity index (χ3v) is 6.69. The molecule has 0 spiro atoms. The number of nitrogens with zero attached hydrogens (tertiary/aromatic N) is 4. The molecule has 0 bridgehead atoms. The normalized spacial score (nSPS) is 11.2. The van der Waals surface area contributed by atoms with Gasteiger partial charge in [0.25, 0.3) is 5.91 Å². The molecule has 8 nitrogen and oxygen atoms in total. The van der Waals surface area contributed by atoms with Crippen molar-refractivity contribution in [1.29, 1.82) is 0 Å². The van der Waals surface area contributed by atoms with Crippen molar-refractivity contribution < 1.29 is 4.79 Å². The summed E-state index contributed by atoms with van der Waals surface area (Å²) in [6.07, 6.45) is 8.72. The standard InChI is InChI=1S/C31H21N7O/c39-31(20-5-2-1-3-6-20)35-22-13-21(16-33-17-22)27-15-25-29(18-34-27)37-38-30(25)28-14-24-23(7-4-8-26(24)36-28)19-9-11-32-12-10-19/h1-18,36H,(H,35,39)(H,37,38). The highest BCUT2D eigenvalue weighted by molar-refractivity contribution is 6.04. The molecule has 7 aromatic rings. The number of amides is 1. The van der Waals surface area contributed by atoms with Gasteiger partial charge in [-0.25, -0.2) is 0 Å². The maximum atomic E-state index is 12.6. The van der Waals surface area contributed by atoms with Gasteiger partial charge in [-0.05, 0) is 59.7 Å². The average Bonchev–Trinajstić information content (AvgIpc) is 3.62. The van der Waals surface area contributed by atoms with E-state index < -0.39 is 0 Å². The fraction of sp³-hybridized carbons (Fsp3) is 0. The Bertz CT molecular complexity index is 1960. The number of carbonyl (C=O) groups is 1. The van der Waals surface area contributed by atoms with Crippen LogP contribution in [0.3, 0.4) is 0 Å². The minimum atomic E-state index is -0.194. The first-order valence-corrected chi connectivity index (χ1v) is 12.4. The van der Waals surface area contributed by atoms with E-state index >= 15 is 0 Å². The Morgan fingerprint density at radius 3 is 2.49 bits per heavy atom. The molecule has 8 heteroatoms. The van der Waals surface area contributed by atoms with Crippen LogP contribution < -0.4 is 5.32 Å². The highest BCUT2D eigenvalue weighted by Gasteiger charge is 2.15. The van der Waals surface area contributed by atoms with Gasteiger partial charge in [-0.2, -0.15) is 5.10 Å². The zero-order chi connectivity index (χ0) is 26.2. The quantitative estimate of drug-likeness (QED) is 0.247. The van der Waals surface area contributed by atoms with Crippen LogP contribution in [0.4, 0.5) is 5.69 Å². The number of anilines is 1. The third-order valence-electron chi connectivity index (χ3n) is 6.69. The average molecular weight is 508 g/mol. The molecule has 186 valence electrons. The fourth-order valence-electron chi connectivity index (χ4n) is 4.79. The highest BCUT2D eigenvalue weighted by atomic mass is 16.1. The van der Waals surface area contributed by atoms with Crippen LogP contribution in [0.2, 0.25) is 0 Å². The van der Waals surface area contributed by atoms with Gasteiger partial charge in [0.1, 0.15) is 5.69 Å². The van der Waals surface area contributed by atoms with Crippen LogP contribution in [0.5, 0.6) is 0 Å². The number of aromatic amines is 2. The van der Waals surface area contributed by atoms with E-state index in [2.05, 4.69) is 53.6 Å². The lowest BCUT2D eigenvalue weighted by Crippen LogP contribution is -2.11. The van der Waals surface area contributed by atoms with E-state index in [1.807, 2.05) is 48.5 Å². The molecule has 0 saturated heterocycles. The summed E-state index contributed by atoms with van der Waals surface area (Å²) >= 11 is 0. The number of rotatable bonds is 5. The van der Waals surface area contributed by atoms with Crippen LogP contribution in [-0.2, 0) is 0 Å². The Morgan fingerprint density at radius 1 is 0.744 bits per heavy atom. The maximum absolute atomic E-state index is 12.6. The first kappa shape index (κ1) is 22.6. The number of hydrogen-bond donors (Lipinski definition) is 3. The molecular weight excluding hydrogens is 486 g/mol. The summed E-state index contributed by atoms with van der Waals surface area (Å²) in [5, 5.41) is 12.7. The van der Waals surface area contributed by atoms with Crippen LogP contribution in [0.1, 0.15) is 10.4 Å². The van der Waals surface area contributed by atoms with E-state index in [0.29, 0.717) is 11.3 Å². The minimum absolute atomic E-state index is 0.194. The molecule has 0 aliphatic rings. The molecule has 1 amide bonds. The lowest BCUT2D eigenvalue weighted by atomic mass is 10.0. The molecular formula is C31H21N7O. The Hall–Kier alpha value is -5.63. The maximum Gasteiger partial charge on any atom is 0.255 e. The van der Waals surface area contributed by atoms with Gasteiger partial charge in [0.05, 0.1) is 35.0 Å². The van der Waals surface area contributed by atoms with E-state index in [1.165, 1.54) is 0 Å². The van der Waals surface area contributed by atoms with Crippen LogP contribution in [0, 0.1) is 0 Å². The number of fused-ring (bicyclic) bond motifs is 2. The topological polar surface area (TPSA) is 112 Å². The summed E-state index contributed by atoms with van der Waals surface area (Å²) in [4.78, 5) is 29.2. The van der Waals surface area contributed by atoms with Crippen LogP contribution in [0.25, 0.3) is 55.6 Å². The lowest BCUT2D eigenvalue weighted by Gasteiger charge is -2.07. The molecule has 5 heterocycles. The van der Waals surface area contributed by atoms with Crippen molar-refractivity contribution >= 4 is 33.4 Å². The summed E-state index contributed by atoms with van der Waals surface area (Å²) in [6, 6.07) is 25.3. The molecule has 2 aromatic carbocycles. The molecule has 0 saturated carbocycles. The van der Waals surface area contributed by atoms with E-state index in [1.54, 1.807) is 43.1 Å². The number of H-pyrrole nitrogens is 2. The van der Waals surface area contributed by atoms with E-state index in [4.69, 9.17) is 0 Å². The van der Waals surface area contributed by atoms with Crippen molar-refractivity contribution in [2.45, 2.75) is 0 Å². The number of carbonyl (C=O) groups excluding carboxylic acids is 1. The molecule has 0 aliphatic heterocycles. The van der Waals surface area contributed by atoms with Crippen molar-refractivity contribution in [2.75, 3.05) is 5.32 Å². The second kappa shape index (κ2) is 9.35. The predicted octanol–water partition coefficient (Wildman–Crippen LogP) is 6.48. The molecule has 0 radical (unpaired) electrons. The van der Waals surface area contributed by atoms with Gasteiger partial charge < -0.3 is 10.3 Å². The zero-order valence-electron chi connectivity index (χ0n) is 20.6. The lowest BCUT2D eigenvalue weighted by molar-refractivity contribution is 0.102. The fourth-order valence-corrected chi connectivity index (χ4v) is 4.79. The van der Waals surface area contributed by atoms with Crippen molar-refractivity contribution in [2.24, 2.45) is 0 Å². The van der Waals surface area contributed by atoms with Crippen molar-refractivity contribution in [3.8, 4) is 33.8 Å². The predicted molar refractivity (Wildman–Crippen MR) is 152 cm³/mol. The van der Waals surface area contributed by atoms with Gasteiger partial charge >= 0.3 is 0 Å². The van der Waals surface area contributed by atoms with E-state index in [-0.39, 0.29) is 5.91 Å². The minimum Gasteiger partial charge on any atom is -0.353 e. The first-order chi connectivity index (χ1) is 19.2. The summed E-state index contributed by atoms with van der Waals surface area (Å²) in [5.74, 6) is -0.194. The van der Waals surface area contributed by atoms with Gasteiger partial charge in [-0.1, -0.05) is 30.3 Å². The number of aromatic nitrogens is 6. The Labute approximate surface area is 222 Å². The number of benzene rings is 2. The van der Waals surface area contributed by atoms with Crippen molar-refractivity contribution in [1.82, 2.24) is 30.1 Å². The Morgan fingerprint density at radius 2 is 1.62 bits per heavy atom. The van der Waals surface area contributed by atoms with E-state index in [0.717, 1.165) is 55.6 Å². The van der Waals surface area contributed by atoms with Crippen LogP contribution >= 0.6 is 0 Å². The second-order valence-electron chi connectivity index (χ2n) is 9.16. The first-order valence-electron chi connectivity index (χ1n) is 12.4. The monoisotopic (exact) mass is 507 g/mol. The zero-order valence-corrected chi connectivity index (χ0v) is 20.6. The largest absolute Gasteiger partial charge is 0.353 e. The van der Waals surface area contributed by atoms with Crippen LogP contribution in [0.15, 0.2) is 110 Å². The molecule has 3 N–H and O–H groups in total. The Balaban J connectivity index is 1.25. The molecule has 0 fully saturated rings. The summed E-state index contributed by atoms with van der Waals surface area (Å²) in [7, 11) is 0. The Kier molecular flexibility index (Phi) is 5.41. The van der Waals surface area contributed by atoms with Gasteiger partial charge in [0, 0.05) is 46.0 Å². The molecule has 0 unspecified atom stereocenters. The number of hydrogen-bond acceptors (Lipinski definition) is 5. The van der Waals surface area contributed by atoms with Gasteiger partial charge in [0.15, 0.2) is 0 Å². The highest BCUT2D eigenvalue weighted by Crippen LogP contribution is 2.34. The van der Waals surface area contributed by atoms with Gasteiger partial charge in [-0.15, -0.1) is 0 Å². The smallest absolute Gasteiger partial charge is 0.255 e.